The van der Waals surface area contributed by atoms with Crippen LogP contribution in [0.5, 0.6) is 0 Å². The van der Waals surface area contributed by atoms with E-state index in [2.05, 4.69) is 20.8 Å². The number of rotatable bonds is 7. The van der Waals surface area contributed by atoms with Gasteiger partial charge in [0.1, 0.15) is 0 Å². The number of carbonyl (C=O) groups is 1. The van der Waals surface area contributed by atoms with Gasteiger partial charge in [-0.15, -0.1) is 0 Å². The van der Waals surface area contributed by atoms with Crippen molar-refractivity contribution in [2.75, 3.05) is 13.1 Å². The third-order valence-corrected chi connectivity index (χ3v) is 2.14. The quantitative estimate of drug-likeness (QED) is 0.690. The summed E-state index contributed by atoms with van der Waals surface area (Å²) in [5, 5.41) is 9.42. The lowest BCUT2D eigenvalue weighted by atomic mass is 10.3. The fraction of sp³-hybridized carbons (Fsp3) is 0.700. The molecule has 1 amide bonds. The zero-order valence-electron chi connectivity index (χ0n) is 9.69. The minimum absolute atomic E-state index is 0.0207. The first-order valence-electron chi connectivity index (χ1n) is 5.50. The molecule has 6 nitrogen and oxygen atoms in total. The standard InChI is InChI=1S/C10H18N4O2/c1-3-5-12-10(15)8(2)11-6-4-9-13-7-14-16-9/h7-8,11H,3-6H2,1-2H3,(H,12,15). The number of hydrogen-bond donors (Lipinski definition) is 2. The summed E-state index contributed by atoms with van der Waals surface area (Å²) in [7, 11) is 0. The van der Waals surface area contributed by atoms with Crippen LogP contribution in [0.4, 0.5) is 0 Å². The second-order valence-corrected chi connectivity index (χ2v) is 3.55. The number of nitrogens with one attached hydrogen (secondary N) is 2. The van der Waals surface area contributed by atoms with Crippen molar-refractivity contribution in [3.8, 4) is 0 Å². The molecule has 1 atom stereocenters. The Labute approximate surface area is 94.8 Å². The monoisotopic (exact) mass is 226 g/mol. The van der Waals surface area contributed by atoms with E-state index < -0.39 is 0 Å². The van der Waals surface area contributed by atoms with Gasteiger partial charge in [-0.25, -0.2) is 0 Å². The number of hydrogen-bond acceptors (Lipinski definition) is 5. The zero-order chi connectivity index (χ0) is 11.8. The van der Waals surface area contributed by atoms with Crippen molar-refractivity contribution in [1.82, 2.24) is 20.8 Å². The molecule has 1 unspecified atom stereocenters. The van der Waals surface area contributed by atoms with Crippen LogP contribution in [-0.4, -0.2) is 35.2 Å². The number of carbonyl (C=O) groups excluding carboxylic acids is 1. The van der Waals surface area contributed by atoms with Crippen LogP contribution in [0.25, 0.3) is 0 Å². The Morgan fingerprint density at radius 3 is 3.00 bits per heavy atom. The van der Waals surface area contributed by atoms with Gasteiger partial charge in [-0.05, 0) is 13.3 Å². The van der Waals surface area contributed by atoms with Gasteiger partial charge in [0.15, 0.2) is 6.33 Å². The number of nitrogens with zero attached hydrogens (tertiary/aromatic N) is 2. The van der Waals surface area contributed by atoms with Crippen LogP contribution < -0.4 is 10.6 Å². The van der Waals surface area contributed by atoms with Gasteiger partial charge in [-0.3, -0.25) is 4.79 Å². The smallest absolute Gasteiger partial charge is 0.236 e. The summed E-state index contributed by atoms with van der Waals surface area (Å²) in [6.45, 7) is 5.21. The molecule has 90 valence electrons. The Morgan fingerprint density at radius 1 is 1.56 bits per heavy atom. The van der Waals surface area contributed by atoms with E-state index in [9.17, 15) is 4.79 Å². The van der Waals surface area contributed by atoms with Crippen LogP contribution in [0.15, 0.2) is 10.9 Å². The van der Waals surface area contributed by atoms with E-state index in [0.717, 1.165) is 6.42 Å². The highest BCUT2D eigenvalue weighted by molar-refractivity contribution is 5.81. The average molecular weight is 226 g/mol. The molecule has 0 aliphatic rings. The van der Waals surface area contributed by atoms with E-state index in [1.54, 1.807) is 0 Å². The third kappa shape index (κ3) is 4.39. The van der Waals surface area contributed by atoms with E-state index in [1.807, 2.05) is 13.8 Å². The van der Waals surface area contributed by atoms with Crippen molar-refractivity contribution in [1.29, 1.82) is 0 Å². The summed E-state index contributed by atoms with van der Waals surface area (Å²) in [6, 6.07) is -0.200. The maximum atomic E-state index is 11.5. The SMILES string of the molecule is CCCNC(=O)C(C)NCCc1ncno1. The van der Waals surface area contributed by atoms with E-state index in [-0.39, 0.29) is 11.9 Å². The molecule has 0 aromatic carbocycles. The highest BCUT2D eigenvalue weighted by atomic mass is 16.5. The van der Waals surface area contributed by atoms with E-state index in [0.29, 0.717) is 25.4 Å². The normalized spacial score (nSPS) is 12.4. The van der Waals surface area contributed by atoms with Gasteiger partial charge in [0.2, 0.25) is 11.8 Å². The van der Waals surface area contributed by atoms with E-state index >= 15 is 0 Å². The van der Waals surface area contributed by atoms with E-state index in [4.69, 9.17) is 4.52 Å². The zero-order valence-corrected chi connectivity index (χ0v) is 9.69. The highest BCUT2D eigenvalue weighted by Crippen LogP contribution is 1.91. The Morgan fingerprint density at radius 2 is 2.38 bits per heavy atom. The molecule has 1 aromatic rings. The summed E-state index contributed by atoms with van der Waals surface area (Å²) >= 11 is 0. The Bertz CT molecular complexity index is 300. The fourth-order valence-corrected chi connectivity index (χ4v) is 1.20. The van der Waals surface area contributed by atoms with Crippen molar-refractivity contribution < 1.29 is 9.32 Å². The Hall–Kier alpha value is -1.43. The minimum Gasteiger partial charge on any atom is -0.355 e. The summed E-state index contributed by atoms with van der Waals surface area (Å²) in [6.07, 6.45) is 2.94. The fourth-order valence-electron chi connectivity index (χ4n) is 1.20. The van der Waals surface area contributed by atoms with Crippen molar-refractivity contribution in [3.63, 3.8) is 0 Å². The molecule has 1 heterocycles. The van der Waals surface area contributed by atoms with Gasteiger partial charge in [0.05, 0.1) is 6.04 Å². The lowest BCUT2D eigenvalue weighted by Gasteiger charge is -2.12. The average Bonchev–Trinajstić information content (AvgIpc) is 2.78. The second-order valence-electron chi connectivity index (χ2n) is 3.55. The first-order valence-corrected chi connectivity index (χ1v) is 5.50. The number of aromatic nitrogens is 2. The predicted octanol–water partition coefficient (Wildman–Crippen LogP) is 0.116. The summed E-state index contributed by atoms with van der Waals surface area (Å²) in [4.78, 5) is 15.4. The molecule has 16 heavy (non-hydrogen) atoms. The molecule has 0 fully saturated rings. The second kappa shape index (κ2) is 6.95. The molecule has 0 bridgehead atoms. The molecule has 0 aliphatic heterocycles. The number of amides is 1. The van der Waals surface area contributed by atoms with Crippen LogP contribution in [0.1, 0.15) is 26.2 Å². The van der Waals surface area contributed by atoms with Gasteiger partial charge in [-0.2, -0.15) is 4.98 Å². The first kappa shape index (κ1) is 12.6. The molecule has 1 rings (SSSR count). The predicted molar refractivity (Wildman–Crippen MR) is 58.8 cm³/mol. The minimum atomic E-state index is -0.200. The van der Waals surface area contributed by atoms with Gasteiger partial charge < -0.3 is 15.2 Å². The van der Waals surface area contributed by atoms with E-state index in [1.165, 1.54) is 6.33 Å². The van der Waals surface area contributed by atoms with Gasteiger partial charge in [0.25, 0.3) is 0 Å². The lowest BCUT2D eigenvalue weighted by Crippen LogP contribution is -2.43. The molecule has 0 saturated carbocycles. The molecule has 0 saturated heterocycles. The molecule has 2 N–H and O–H groups in total. The van der Waals surface area contributed by atoms with Crippen LogP contribution >= 0.6 is 0 Å². The topological polar surface area (TPSA) is 80.0 Å². The first-order chi connectivity index (χ1) is 7.74. The molecule has 0 aliphatic carbocycles. The Balaban J connectivity index is 2.14. The molecular weight excluding hydrogens is 208 g/mol. The van der Waals surface area contributed by atoms with Gasteiger partial charge >= 0.3 is 0 Å². The van der Waals surface area contributed by atoms with Crippen LogP contribution in [0.2, 0.25) is 0 Å². The van der Waals surface area contributed by atoms with Gasteiger partial charge in [-0.1, -0.05) is 12.1 Å². The summed E-state index contributed by atoms with van der Waals surface area (Å²) < 4.78 is 4.84. The Kier molecular flexibility index (Phi) is 5.49. The van der Waals surface area contributed by atoms with Crippen LogP contribution in [0.3, 0.4) is 0 Å². The van der Waals surface area contributed by atoms with Crippen molar-refractivity contribution in [2.45, 2.75) is 32.7 Å². The van der Waals surface area contributed by atoms with Crippen molar-refractivity contribution >= 4 is 5.91 Å². The maximum Gasteiger partial charge on any atom is 0.236 e. The van der Waals surface area contributed by atoms with Gasteiger partial charge in [0, 0.05) is 19.5 Å². The molecule has 0 spiro atoms. The largest absolute Gasteiger partial charge is 0.355 e. The van der Waals surface area contributed by atoms with Crippen LogP contribution in [0, 0.1) is 0 Å². The highest BCUT2D eigenvalue weighted by Gasteiger charge is 2.11. The van der Waals surface area contributed by atoms with Crippen molar-refractivity contribution in [2.24, 2.45) is 0 Å². The molecule has 6 heteroatoms. The third-order valence-electron chi connectivity index (χ3n) is 2.14. The maximum absolute atomic E-state index is 11.5. The molecular formula is C10H18N4O2. The summed E-state index contributed by atoms with van der Waals surface area (Å²) in [5.41, 5.74) is 0. The summed E-state index contributed by atoms with van der Waals surface area (Å²) in [5.74, 6) is 0.598. The van der Waals surface area contributed by atoms with Crippen molar-refractivity contribution in [3.05, 3.63) is 12.2 Å². The lowest BCUT2D eigenvalue weighted by molar-refractivity contribution is -0.122. The molecule has 1 aromatic heterocycles. The molecule has 0 radical (unpaired) electrons. The van der Waals surface area contributed by atoms with Crippen LogP contribution in [-0.2, 0) is 11.2 Å².